The van der Waals surface area contributed by atoms with Crippen molar-refractivity contribution in [3.05, 3.63) is 217 Å². The summed E-state index contributed by atoms with van der Waals surface area (Å²) in [4.78, 5) is 4.83. The average molecular weight is 1070 g/mol. The lowest BCUT2D eigenvalue weighted by molar-refractivity contribution is 0.665. The Hall–Kier alpha value is -9.35. The summed E-state index contributed by atoms with van der Waals surface area (Å²) in [5.41, 5.74) is 20.6. The van der Waals surface area contributed by atoms with Crippen LogP contribution in [-0.2, 0) is 0 Å². The van der Waals surface area contributed by atoms with Gasteiger partial charge in [-0.2, -0.15) is 0 Å². The maximum Gasteiger partial charge on any atom is 0.160 e. The summed E-state index contributed by atoms with van der Waals surface area (Å²) >= 11 is 0. The number of para-hydroxylation sites is 8. The minimum Gasteiger partial charge on any atom is -0.454 e. The number of benzene rings is 11. The monoisotopic (exact) mass is 1060 g/mol. The smallest absolute Gasteiger partial charge is 0.160 e. The lowest BCUT2D eigenvalue weighted by Gasteiger charge is -2.29. The maximum absolute atomic E-state index is 7.28. The molecule has 0 saturated heterocycles. The van der Waals surface area contributed by atoms with Gasteiger partial charge in [0.25, 0.3) is 0 Å². The molecule has 6 heterocycles. The third-order valence-corrected chi connectivity index (χ3v) is 25.1. The van der Waals surface area contributed by atoms with E-state index in [9.17, 15) is 0 Å². The molecule has 0 atom stereocenters. The predicted octanol–water partition coefficient (Wildman–Crippen LogP) is 18.4. The Labute approximate surface area is 463 Å². The second-order valence-electron chi connectivity index (χ2n) is 23.2. The van der Waals surface area contributed by atoms with Crippen LogP contribution in [0.1, 0.15) is 11.1 Å². The molecule has 0 amide bonds. The number of aryl methyl sites for hydroxylation is 2. The molecule has 0 bridgehead atoms. The Morgan fingerprint density at radius 3 is 1.02 bits per heavy atom. The Morgan fingerprint density at radius 1 is 0.287 bits per heavy atom. The predicted molar refractivity (Wildman–Crippen MR) is 339 cm³/mol. The largest absolute Gasteiger partial charge is 0.454 e. The molecular weight excluding hydrogens is 1010 g/mol. The molecule has 8 heteroatoms. The van der Waals surface area contributed by atoms with Crippen LogP contribution in [0.5, 0.6) is 0 Å². The zero-order valence-electron chi connectivity index (χ0n) is 45.2. The van der Waals surface area contributed by atoms with Crippen molar-refractivity contribution < 1.29 is 17.7 Å². The van der Waals surface area contributed by atoms with Crippen molar-refractivity contribution in [1.82, 2.24) is 0 Å². The Balaban J connectivity index is 0.931. The van der Waals surface area contributed by atoms with Gasteiger partial charge >= 0.3 is 0 Å². The molecule has 11 aromatic carbocycles. The molecule has 0 spiro atoms. The Bertz CT molecular complexity index is 4880. The van der Waals surface area contributed by atoms with Crippen LogP contribution < -0.4 is 30.5 Å². The van der Waals surface area contributed by atoms with Crippen LogP contribution in [0.15, 0.2) is 224 Å². The third kappa shape index (κ3) is 6.01. The molecule has 6 nitrogen and oxygen atoms in total. The van der Waals surface area contributed by atoms with Crippen molar-refractivity contribution in [1.29, 1.82) is 0 Å². The molecular formula is C72H52N2O4Si2. The summed E-state index contributed by atoms with van der Waals surface area (Å²) in [6.07, 6.45) is 0. The van der Waals surface area contributed by atoms with E-state index in [1.54, 1.807) is 0 Å². The van der Waals surface area contributed by atoms with Crippen molar-refractivity contribution in [2.45, 2.75) is 40.0 Å². The van der Waals surface area contributed by atoms with Crippen LogP contribution in [-0.4, -0.2) is 16.1 Å². The molecule has 0 unspecified atom stereocenters. The van der Waals surface area contributed by atoms with E-state index in [1.807, 2.05) is 12.1 Å². The minimum absolute atomic E-state index is 0.846. The molecule has 0 fully saturated rings. The topological polar surface area (TPSA) is 59.0 Å². The van der Waals surface area contributed by atoms with Crippen LogP contribution >= 0.6 is 0 Å². The fraction of sp³-hybridized carbons (Fsp3) is 0.0833. The number of hydrogen-bond donors (Lipinski definition) is 0. The fourth-order valence-electron chi connectivity index (χ4n) is 14.2. The summed E-state index contributed by atoms with van der Waals surface area (Å²) in [5, 5.41) is 14.6. The van der Waals surface area contributed by atoms with Crippen molar-refractivity contribution in [3.63, 3.8) is 0 Å². The van der Waals surface area contributed by atoms with Crippen LogP contribution in [0.4, 0.5) is 34.1 Å². The van der Waals surface area contributed by atoms with Gasteiger partial charge in [0.2, 0.25) is 0 Å². The molecule has 382 valence electrons. The van der Waals surface area contributed by atoms with Crippen LogP contribution in [0.25, 0.3) is 110 Å². The zero-order valence-corrected chi connectivity index (χ0v) is 47.2. The lowest BCUT2D eigenvalue weighted by atomic mass is 9.94. The number of fused-ring (bicyclic) bond motifs is 20. The number of rotatable bonds is 6. The van der Waals surface area contributed by atoms with Crippen LogP contribution in [0.2, 0.25) is 26.2 Å². The van der Waals surface area contributed by atoms with Gasteiger partial charge in [-0.15, -0.1) is 0 Å². The van der Waals surface area contributed by atoms with Gasteiger partial charge in [0.1, 0.15) is 38.5 Å². The molecule has 15 aromatic rings. The van der Waals surface area contributed by atoms with Gasteiger partial charge in [0.05, 0.1) is 22.7 Å². The van der Waals surface area contributed by atoms with Gasteiger partial charge < -0.3 is 27.5 Å². The van der Waals surface area contributed by atoms with Gasteiger partial charge in [0.15, 0.2) is 22.3 Å². The Kier molecular flexibility index (Phi) is 9.21. The molecule has 17 rings (SSSR count). The van der Waals surface area contributed by atoms with E-state index >= 15 is 0 Å². The lowest BCUT2D eigenvalue weighted by Crippen LogP contribution is -2.51. The normalized spacial score (nSPS) is 14.1. The van der Waals surface area contributed by atoms with Gasteiger partial charge in [-0.05, 0) is 129 Å². The first kappa shape index (κ1) is 45.7. The number of nitrogens with zero attached hydrogens (tertiary/aromatic N) is 2. The molecule has 80 heavy (non-hydrogen) atoms. The summed E-state index contributed by atoms with van der Waals surface area (Å²) in [7, 11) is -5.06. The molecule has 0 N–H and O–H groups in total. The summed E-state index contributed by atoms with van der Waals surface area (Å²) in [5.74, 6) is 0. The quantitative estimate of drug-likeness (QED) is 0.155. The van der Waals surface area contributed by atoms with E-state index in [0.29, 0.717) is 0 Å². The molecule has 2 aliphatic heterocycles. The van der Waals surface area contributed by atoms with E-state index < -0.39 is 16.1 Å². The van der Waals surface area contributed by atoms with E-state index in [-0.39, 0.29) is 0 Å². The number of furan rings is 4. The number of anilines is 6. The highest BCUT2D eigenvalue weighted by molar-refractivity contribution is 7.06. The van der Waals surface area contributed by atoms with Gasteiger partial charge in [-0.3, -0.25) is 0 Å². The SMILES string of the molecule is Cc1ccccc1N(c1cccc2c1oc1ccccc12)c1cc2c(c3c1oc1ccccc13)-c1cc3c(cc1[Si]2(C)C)-c1c(cc(N(c2ccccc2C)c2cccc4c2oc2ccccc24)c2oc4ccccc4c12)[Si]3(C)C. The van der Waals surface area contributed by atoms with Crippen molar-refractivity contribution >= 4 is 159 Å². The third-order valence-electron chi connectivity index (χ3n) is 18.1. The van der Waals surface area contributed by atoms with Crippen LogP contribution in [0, 0.1) is 13.8 Å². The number of hydrogen-bond acceptors (Lipinski definition) is 6. The molecule has 4 aromatic heterocycles. The first-order chi connectivity index (χ1) is 39.0. The molecule has 0 aliphatic carbocycles. The van der Waals surface area contributed by atoms with Crippen molar-refractivity contribution in [2.75, 3.05) is 9.80 Å². The van der Waals surface area contributed by atoms with E-state index in [4.69, 9.17) is 17.7 Å². The highest BCUT2D eigenvalue weighted by Gasteiger charge is 2.47. The maximum atomic E-state index is 7.28. The second-order valence-corrected chi connectivity index (χ2v) is 31.8. The molecule has 0 radical (unpaired) electrons. The highest BCUT2D eigenvalue weighted by Crippen LogP contribution is 2.53. The van der Waals surface area contributed by atoms with Crippen molar-refractivity contribution in [2.24, 2.45) is 0 Å². The van der Waals surface area contributed by atoms with Crippen LogP contribution in [0.3, 0.4) is 0 Å². The van der Waals surface area contributed by atoms with Crippen molar-refractivity contribution in [3.8, 4) is 22.3 Å². The highest BCUT2D eigenvalue weighted by atomic mass is 28.3. The summed E-state index contributed by atoms with van der Waals surface area (Å²) in [6.45, 7) is 14.6. The van der Waals surface area contributed by atoms with E-state index in [0.717, 1.165) is 133 Å². The second kappa shape index (κ2) is 16.1. The zero-order chi connectivity index (χ0) is 53.5. The summed E-state index contributed by atoms with van der Waals surface area (Å²) < 4.78 is 28.3. The van der Waals surface area contributed by atoms with Gasteiger partial charge in [-0.25, -0.2) is 0 Å². The standard InChI is InChI=1S/C72H52N2O4Si2/c1-41-21-7-13-29-51(41)73(53-31-19-27-45-43-23-9-15-33-57(43)75-69(45)53)55-39-63-65(67-47-25-11-17-35-59(47)77-71(55)67)49-37-62-50(38-61(49)79(63,3)4)66-64(80(62,5)6)40-56(72-68(66)48-26-12-18-36-60(48)78-72)74(52-30-14-8-22-42(52)2)54-32-20-28-46-44-24-10-16-34-58(44)76-70(46)54/h7-40H,1-6H3. The minimum atomic E-state index is -2.53. The van der Waals surface area contributed by atoms with E-state index in [1.165, 1.54) is 43.0 Å². The average Bonchev–Trinajstić information content (AvgIpc) is 3.28. The molecule has 0 saturated carbocycles. The molecule has 2 aliphatic rings. The fourth-order valence-corrected chi connectivity index (χ4v) is 20.3. The first-order valence-corrected chi connectivity index (χ1v) is 33.7. The van der Waals surface area contributed by atoms with Gasteiger partial charge in [-0.1, -0.05) is 172 Å². The summed E-state index contributed by atoms with van der Waals surface area (Å²) in [6, 6.07) is 74.8. The van der Waals surface area contributed by atoms with E-state index in [2.05, 4.69) is 244 Å². The first-order valence-electron chi connectivity index (χ1n) is 27.7. The van der Waals surface area contributed by atoms with Gasteiger partial charge in [0, 0.05) is 54.5 Å². The Morgan fingerprint density at radius 2 is 0.613 bits per heavy atom.